The van der Waals surface area contributed by atoms with Crippen molar-refractivity contribution in [3.63, 3.8) is 0 Å². The molecule has 0 saturated carbocycles. The molecular weight excluding hydrogens is 460 g/mol. The first-order valence-corrected chi connectivity index (χ1v) is 14.0. The van der Waals surface area contributed by atoms with Gasteiger partial charge >= 0.3 is 5.97 Å². The number of nitrogens with one attached hydrogen (secondary N) is 1. The summed E-state index contributed by atoms with van der Waals surface area (Å²) in [6, 6.07) is 10.7. The molecule has 0 radical (unpaired) electrons. The van der Waals surface area contributed by atoms with Crippen LogP contribution in [-0.2, 0) is 16.1 Å². The molecule has 2 heterocycles. The van der Waals surface area contributed by atoms with E-state index >= 15 is 0 Å². The number of hydrogen-bond acceptors (Lipinski definition) is 4. The van der Waals surface area contributed by atoms with Gasteiger partial charge in [0.25, 0.3) is 0 Å². The van der Waals surface area contributed by atoms with E-state index in [9.17, 15) is 4.79 Å². The summed E-state index contributed by atoms with van der Waals surface area (Å²) in [5.74, 6) is 2.42. The fraction of sp³-hybridized carbons (Fsp3) is 0.500. The van der Waals surface area contributed by atoms with Crippen molar-refractivity contribution in [1.82, 2.24) is 4.98 Å². The van der Waals surface area contributed by atoms with Crippen LogP contribution in [0.3, 0.4) is 0 Å². The molecule has 4 unspecified atom stereocenters. The molecule has 200 valence electrons. The number of benzene rings is 1. The SMILES string of the molecule is C=C/C=C(\C=C)C(=O)OC1C[NH+](Cc2cnc(C(c3ccccc3)C(CCC)CCC)o2)CCC1CC. The maximum atomic E-state index is 12.7. The number of oxazole rings is 1. The topological polar surface area (TPSA) is 56.8 Å². The maximum absolute atomic E-state index is 12.7. The van der Waals surface area contributed by atoms with Crippen molar-refractivity contribution in [3.05, 3.63) is 90.7 Å². The molecule has 1 aromatic heterocycles. The summed E-state index contributed by atoms with van der Waals surface area (Å²) in [6.07, 6.45) is 13.1. The Balaban J connectivity index is 1.75. The molecule has 1 aliphatic heterocycles. The quantitative estimate of drug-likeness (QED) is 0.193. The van der Waals surface area contributed by atoms with Crippen LogP contribution in [0.4, 0.5) is 0 Å². The molecule has 0 spiro atoms. The standard InChI is InChI=1S/C32H44N2O3/c1-6-14-25(10-5)32(35)37-29-23-34(20-19-24(29)9-4)22-28-21-33-31(36-28)30(26(15-7-2)16-8-3)27-17-12-11-13-18-27/h6,10-14,17-18,21,24,26,29-30H,1,5,7-9,15-16,19-20,22-23H2,2-4H3/p+1/b25-14+. The lowest BCUT2D eigenvalue weighted by Crippen LogP contribution is -3.13. The highest BCUT2D eigenvalue weighted by Crippen LogP contribution is 2.37. The van der Waals surface area contributed by atoms with Crippen LogP contribution in [0.2, 0.25) is 0 Å². The molecule has 1 aromatic carbocycles. The lowest BCUT2D eigenvalue weighted by molar-refractivity contribution is -0.924. The molecular formula is C32H45N2O3+. The number of carbonyl (C=O) groups excluding carboxylic acids is 1. The number of carbonyl (C=O) groups is 1. The summed E-state index contributed by atoms with van der Waals surface area (Å²) in [5, 5.41) is 0. The summed E-state index contributed by atoms with van der Waals surface area (Å²) >= 11 is 0. The second-order valence-electron chi connectivity index (χ2n) is 10.2. The Kier molecular flexibility index (Phi) is 11.4. The first-order chi connectivity index (χ1) is 18.0. The summed E-state index contributed by atoms with van der Waals surface area (Å²) in [6.45, 7) is 16.6. The van der Waals surface area contributed by atoms with Crippen LogP contribution in [0.5, 0.6) is 0 Å². The number of rotatable bonds is 14. The van der Waals surface area contributed by atoms with E-state index in [0.717, 1.165) is 69.8 Å². The lowest BCUT2D eigenvalue weighted by atomic mass is 9.80. The largest absolute Gasteiger partial charge is 0.452 e. The number of esters is 1. The van der Waals surface area contributed by atoms with Crippen molar-refractivity contribution >= 4 is 5.97 Å². The molecule has 4 atom stereocenters. The molecule has 37 heavy (non-hydrogen) atoms. The maximum Gasteiger partial charge on any atom is 0.338 e. The first-order valence-electron chi connectivity index (χ1n) is 14.0. The van der Waals surface area contributed by atoms with Gasteiger partial charge in [-0.3, -0.25) is 0 Å². The normalized spacial score (nSPS) is 21.0. The fourth-order valence-corrected chi connectivity index (χ4v) is 5.74. The number of quaternary nitrogens is 1. The summed E-state index contributed by atoms with van der Waals surface area (Å²) in [4.78, 5) is 18.9. The van der Waals surface area contributed by atoms with Crippen molar-refractivity contribution < 1.29 is 18.8 Å². The highest BCUT2D eigenvalue weighted by Gasteiger charge is 2.35. The second kappa shape index (κ2) is 14.7. The molecule has 1 aliphatic rings. The third-order valence-corrected chi connectivity index (χ3v) is 7.63. The van der Waals surface area contributed by atoms with Gasteiger partial charge in [-0.1, -0.05) is 89.3 Å². The summed E-state index contributed by atoms with van der Waals surface area (Å²) in [7, 11) is 0. The number of piperidine rings is 1. The molecule has 1 saturated heterocycles. The van der Waals surface area contributed by atoms with E-state index < -0.39 is 0 Å². The summed E-state index contributed by atoms with van der Waals surface area (Å²) in [5.41, 5.74) is 1.72. The molecule has 0 bridgehead atoms. The first kappa shape index (κ1) is 28.6. The Hall–Kier alpha value is -2.92. The smallest absolute Gasteiger partial charge is 0.338 e. The van der Waals surface area contributed by atoms with Crippen molar-refractivity contribution in [2.45, 2.75) is 77.9 Å². The number of allylic oxidation sites excluding steroid dienone is 2. The predicted molar refractivity (Wildman–Crippen MR) is 149 cm³/mol. The van der Waals surface area contributed by atoms with Crippen LogP contribution in [0.15, 0.2) is 77.9 Å². The fourth-order valence-electron chi connectivity index (χ4n) is 5.74. The van der Waals surface area contributed by atoms with Gasteiger partial charge in [-0.25, -0.2) is 9.78 Å². The number of aromatic nitrogens is 1. The average Bonchev–Trinajstić information content (AvgIpc) is 3.36. The van der Waals surface area contributed by atoms with E-state index in [4.69, 9.17) is 14.1 Å². The van der Waals surface area contributed by atoms with E-state index in [1.54, 1.807) is 12.2 Å². The van der Waals surface area contributed by atoms with Crippen LogP contribution >= 0.6 is 0 Å². The number of nitrogens with zero attached hydrogens (tertiary/aromatic N) is 1. The van der Waals surface area contributed by atoms with E-state index in [1.165, 1.54) is 16.5 Å². The highest BCUT2D eigenvalue weighted by atomic mass is 16.5. The molecule has 0 aliphatic carbocycles. The van der Waals surface area contributed by atoms with Gasteiger partial charge < -0.3 is 14.1 Å². The molecule has 5 heteroatoms. The Morgan fingerprint density at radius 1 is 1.19 bits per heavy atom. The van der Waals surface area contributed by atoms with Gasteiger partial charge in [0.1, 0.15) is 13.1 Å². The number of hydrogen-bond donors (Lipinski definition) is 1. The van der Waals surface area contributed by atoms with Crippen LogP contribution in [0, 0.1) is 11.8 Å². The molecule has 2 aromatic rings. The molecule has 1 fully saturated rings. The highest BCUT2D eigenvalue weighted by molar-refractivity contribution is 5.91. The Bertz CT molecular complexity index is 1020. The van der Waals surface area contributed by atoms with Gasteiger partial charge in [-0.05, 0) is 36.8 Å². The molecule has 3 rings (SSSR count). The Morgan fingerprint density at radius 3 is 2.54 bits per heavy atom. The molecule has 0 amide bonds. The van der Waals surface area contributed by atoms with Crippen LogP contribution in [-0.4, -0.2) is 30.1 Å². The van der Waals surface area contributed by atoms with Crippen LogP contribution in [0.1, 0.15) is 82.4 Å². The third kappa shape index (κ3) is 7.78. The van der Waals surface area contributed by atoms with Gasteiger partial charge in [-0.15, -0.1) is 0 Å². The summed E-state index contributed by atoms with van der Waals surface area (Å²) < 4.78 is 12.4. The van der Waals surface area contributed by atoms with E-state index in [-0.39, 0.29) is 18.0 Å². The van der Waals surface area contributed by atoms with Crippen LogP contribution in [0.25, 0.3) is 0 Å². The van der Waals surface area contributed by atoms with E-state index in [2.05, 4.69) is 64.3 Å². The molecule has 5 nitrogen and oxygen atoms in total. The average molecular weight is 506 g/mol. The number of ether oxygens (including phenoxy) is 1. The second-order valence-corrected chi connectivity index (χ2v) is 10.2. The minimum absolute atomic E-state index is 0.132. The Labute approximate surface area is 223 Å². The third-order valence-electron chi connectivity index (χ3n) is 7.63. The van der Waals surface area contributed by atoms with Gasteiger partial charge in [-0.2, -0.15) is 0 Å². The van der Waals surface area contributed by atoms with Crippen molar-refractivity contribution in [2.24, 2.45) is 11.8 Å². The zero-order chi connectivity index (χ0) is 26.6. The van der Waals surface area contributed by atoms with Crippen molar-refractivity contribution in [1.29, 1.82) is 0 Å². The van der Waals surface area contributed by atoms with Gasteiger partial charge in [0.15, 0.2) is 11.9 Å². The van der Waals surface area contributed by atoms with Gasteiger partial charge in [0.05, 0.1) is 24.2 Å². The Morgan fingerprint density at radius 2 is 1.92 bits per heavy atom. The minimum Gasteiger partial charge on any atom is -0.452 e. The molecule has 1 N–H and O–H groups in total. The minimum atomic E-state index is -0.329. The predicted octanol–water partition coefficient (Wildman–Crippen LogP) is 6.05. The zero-order valence-corrected chi connectivity index (χ0v) is 23.0. The number of likely N-dealkylation sites (tertiary alicyclic amines) is 1. The van der Waals surface area contributed by atoms with E-state index in [0.29, 0.717) is 17.4 Å². The van der Waals surface area contributed by atoms with Crippen LogP contribution < -0.4 is 4.90 Å². The van der Waals surface area contributed by atoms with E-state index in [1.807, 2.05) is 6.20 Å². The van der Waals surface area contributed by atoms with Crippen molar-refractivity contribution in [3.8, 4) is 0 Å². The van der Waals surface area contributed by atoms with Crippen molar-refractivity contribution in [2.75, 3.05) is 13.1 Å². The monoisotopic (exact) mass is 505 g/mol. The van der Waals surface area contributed by atoms with Gasteiger partial charge in [0.2, 0.25) is 5.89 Å². The lowest BCUT2D eigenvalue weighted by Gasteiger charge is -2.34. The van der Waals surface area contributed by atoms with Gasteiger partial charge in [0, 0.05) is 12.3 Å². The zero-order valence-electron chi connectivity index (χ0n) is 23.0.